The average Bonchev–Trinajstić information content (AvgIpc) is 3.23. The normalized spacial score (nSPS) is 13.0. The van der Waals surface area contributed by atoms with Gasteiger partial charge >= 0.3 is 0 Å². The van der Waals surface area contributed by atoms with Gasteiger partial charge in [-0.3, -0.25) is 13.9 Å². The Morgan fingerprint density at radius 3 is 2.32 bits per heavy atom. The maximum atomic E-state index is 14.0. The van der Waals surface area contributed by atoms with Gasteiger partial charge in [0, 0.05) is 6.07 Å². The molecule has 0 fully saturated rings. The zero-order valence-corrected chi connectivity index (χ0v) is 20.4. The van der Waals surface area contributed by atoms with Crippen molar-refractivity contribution in [2.45, 2.75) is 20.4 Å². The molecule has 0 N–H and O–H groups in total. The highest BCUT2D eigenvalue weighted by molar-refractivity contribution is 6.05. The first-order valence-corrected chi connectivity index (χ1v) is 12.2. The van der Waals surface area contributed by atoms with E-state index in [0.717, 1.165) is 22.3 Å². The Labute approximate surface area is 211 Å². The number of ether oxygens (including phenoxy) is 2. The largest absolute Gasteiger partial charge is 0.486 e. The minimum atomic E-state index is -0.144. The molecule has 0 amide bonds. The molecule has 0 saturated heterocycles. The van der Waals surface area contributed by atoms with E-state index in [0.29, 0.717) is 59.3 Å². The Kier molecular flexibility index (Phi) is 4.75. The van der Waals surface area contributed by atoms with Crippen LogP contribution in [0.1, 0.15) is 17.0 Å². The lowest BCUT2D eigenvalue weighted by molar-refractivity contribution is 0.171. The number of aromatic nitrogens is 5. The van der Waals surface area contributed by atoms with Gasteiger partial charge < -0.3 is 9.47 Å². The van der Waals surface area contributed by atoms with Crippen molar-refractivity contribution in [1.82, 2.24) is 24.1 Å². The molecule has 0 unspecified atom stereocenters. The Hall–Kier alpha value is -4.72. The summed E-state index contributed by atoms with van der Waals surface area (Å²) in [4.78, 5) is 28.8. The average molecular weight is 490 g/mol. The van der Waals surface area contributed by atoms with E-state index >= 15 is 0 Å². The van der Waals surface area contributed by atoms with E-state index in [4.69, 9.17) is 24.4 Å². The Balaban J connectivity index is 1.54. The van der Waals surface area contributed by atoms with Crippen LogP contribution in [0.25, 0.3) is 38.9 Å². The summed E-state index contributed by atoms with van der Waals surface area (Å²) >= 11 is 0. The second kappa shape index (κ2) is 8.16. The van der Waals surface area contributed by atoms with E-state index in [1.165, 1.54) is 5.56 Å². The number of rotatable bonds is 3. The van der Waals surface area contributed by atoms with E-state index in [1.807, 2.05) is 85.1 Å². The molecule has 8 nitrogen and oxygen atoms in total. The molecule has 3 aromatic carbocycles. The van der Waals surface area contributed by atoms with Crippen molar-refractivity contribution in [1.29, 1.82) is 0 Å². The topological polar surface area (TPSA) is 84.1 Å². The van der Waals surface area contributed by atoms with Crippen molar-refractivity contribution >= 4 is 33.2 Å². The molecule has 0 saturated carbocycles. The second-order valence-electron chi connectivity index (χ2n) is 9.28. The maximum Gasteiger partial charge on any atom is 0.265 e. The van der Waals surface area contributed by atoms with Crippen LogP contribution >= 0.6 is 0 Å². The van der Waals surface area contributed by atoms with E-state index in [2.05, 4.69) is 0 Å². The SMILES string of the molecule is Cc1ccc(Cn2c(C)nc3c(c2=O)c2nc4ccccc4nc2n3-c2ccc3c(c2)OCCO3)cc1. The van der Waals surface area contributed by atoms with Crippen molar-refractivity contribution < 1.29 is 9.47 Å². The molecule has 0 radical (unpaired) electrons. The minimum Gasteiger partial charge on any atom is -0.486 e. The molecule has 182 valence electrons. The fourth-order valence-electron chi connectivity index (χ4n) is 4.91. The number of hydrogen-bond acceptors (Lipinski definition) is 6. The van der Waals surface area contributed by atoms with Crippen LogP contribution in [0.2, 0.25) is 0 Å². The molecule has 0 spiro atoms. The van der Waals surface area contributed by atoms with Gasteiger partial charge in [0.15, 0.2) is 22.8 Å². The lowest BCUT2D eigenvalue weighted by atomic mass is 10.1. The molecule has 6 aromatic rings. The first-order valence-electron chi connectivity index (χ1n) is 12.2. The fourth-order valence-corrected chi connectivity index (χ4v) is 4.91. The van der Waals surface area contributed by atoms with Gasteiger partial charge in [-0.1, -0.05) is 42.0 Å². The van der Waals surface area contributed by atoms with E-state index < -0.39 is 0 Å². The van der Waals surface area contributed by atoms with Gasteiger partial charge in [-0.15, -0.1) is 0 Å². The highest BCUT2D eigenvalue weighted by atomic mass is 16.6. The monoisotopic (exact) mass is 489 g/mol. The summed E-state index contributed by atoms with van der Waals surface area (Å²) in [5.74, 6) is 1.96. The zero-order chi connectivity index (χ0) is 25.1. The summed E-state index contributed by atoms with van der Waals surface area (Å²) in [6, 6.07) is 21.5. The fraction of sp³-hybridized carbons (Fsp3) is 0.172. The molecule has 0 atom stereocenters. The molecule has 0 aliphatic carbocycles. The van der Waals surface area contributed by atoms with Crippen LogP contribution in [0.4, 0.5) is 0 Å². The summed E-state index contributed by atoms with van der Waals surface area (Å²) in [7, 11) is 0. The highest BCUT2D eigenvalue weighted by Gasteiger charge is 2.23. The third-order valence-corrected chi connectivity index (χ3v) is 6.80. The van der Waals surface area contributed by atoms with Gasteiger partial charge in [-0.25, -0.2) is 15.0 Å². The Bertz CT molecular complexity index is 1900. The van der Waals surface area contributed by atoms with Crippen LogP contribution < -0.4 is 15.0 Å². The van der Waals surface area contributed by atoms with Crippen LogP contribution in [0, 0.1) is 13.8 Å². The number of hydrogen-bond donors (Lipinski definition) is 0. The molecule has 7 rings (SSSR count). The summed E-state index contributed by atoms with van der Waals surface area (Å²) in [6.45, 7) is 5.32. The third kappa shape index (κ3) is 3.44. The molecule has 1 aliphatic rings. The van der Waals surface area contributed by atoms with Crippen LogP contribution in [-0.4, -0.2) is 37.3 Å². The number of fused-ring (bicyclic) bond motifs is 5. The molecule has 3 aromatic heterocycles. The standard InChI is InChI=1S/C29H23N5O3/c1-17-7-9-19(10-8-17)16-33-18(2)30-27-25(29(33)35)26-28(32-22-6-4-3-5-21(22)31-26)34(27)20-11-12-23-24(15-20)37-14-13-36-23/h3-12,15H,13-14,16H2,1-2H3. The zero-order valence-electron chi connectivity index (χ0n) is 20.4. The maximum absolute atomic E-state index is 14.0. The van der Waals surface area contributed by atoms with Crippen molar-refractivity contribution in [3.05, 3.63) is 94.0 Å². The summed E-state index contributed by atoms with van der Waals surface area (Å²) in [5.41, 5.74) is 5.92. The molecule has 4 heterocycles. The van der Waals surface area contributed by atoms with Gasteiger partial charge in [0.25, 0.3) is 5.56 Å². The van der Waals surface area contributed by atoms with Crippen LogP contribution in [-0.2, 0) is 6.54 Å². The number of nitrogens with zero attached hydrogens (tertiary/aromatic N) is 5. The Morgan fingerprint density at radius 1 is 0.811 bits per heavy atom. The van der Waals surface area contributed by atoms with Crippen LogP contribution in [0.5, 0.6) is 11.5 Å². The molecule has 8 heteroatoms. The number of benzene rings is 3. The van der Waals surface area contributed by atoms with Crippen molar-refractivity contribution in [2.24, 2.45) is 0 Å². The van der Waals surface area contributed by atoms with Gasteiger partial charge in [-0.05, 0) is 43.7 Å². The Morgan fingerprint density at radius 2 is 1.54 bits per heavy atom. The van der Waals surface area contributed by atoms with Gasteiger partial charge in [0.2, 0.25) is 0 Å². The van der Waals surface area contributed by atoms with Crippen molar-refractivity contribution in [2.75, 3.05) is 13.2 Å². The predicted octanol–water partition coefficient (Wildman–Crippen LogP) is 4.72. The first kappa shape index (κ1) is 21.6. The molecular weight excluding hydrogens is 466 g/mol. The van der Waals surface area contributed by atoms with Gasteiger partial charge in [0.1, 0.15) is 29.9 Å². The molecule has 37 heavy (non-hydrogen) atoms. The smallest absolute Gasteiger partial charge is 0.265 e. The molecular formula is C29H23N5O3. The minimum absolute atomic E-state index is 0.144. The molecule has 0 bridgehead atoms. The predicted molar refractivity (Wildman–Crippen MR) is 142 cm³/mol. The lowest BCUT2D eigenvalue weighted by Crippen LogP contribution is -2.24. The van der Waals surface area contributed by atoms with E-state index in [1.54, 1.807) is 4.57 Å². The quantitative estimate of drug-likeness (QED) is 0.358. The summed E-state index contributed by atoms with van der Waals surface area (Å²) in [6.07, 6.45) is 0. The van der Waals surface area contributed by atoms with Crippen LogP contribution in [0.15, 0.2) is 71.5 Å². The van der Waals surface area contributed by atoms with Crippen molar-refractivity contribution in [3.8, 4) is 17.2 Å². The van der Waals surface area contributed by atoms with Gasteiger partial charge in [-0.2, -0.15) is 0 Å². The summed E-state index contributed by atoms with van der Waals surface area (Å²) < 4.78 is 15.2. The first-order chi connectivity index (χ1) is 18.1. The number of para-hydroxylation sites is 2. The van der Waals surface area contributed by atoms with E-state index in [-0.39, 0.29) is 5.56 Å². The van der Waals surface area contributed by atoms with Gasteiger partial charge in [0.05, 0.1) is 23.3 Å². The third-order valence-electron chi connectivity index (χ3n) is 6.80. The van der Waals surface area contributed by atoms with Crippen LogP contribution in [0.3, 0.4) is 0 Å². The van der Waals surface area contributed by atoms with E-state index in [9.17, 15) is 4.79 Å². The number of aryl methyl sites for hydroxylation is 2. The molecule has 1 aliphatic heterocycles. The second-order valence-corrected chi connectivity index (χ2v) is 9.28. The highest BCUT2D eigenvalue weighted by Crippen LogP contribution is 2.35. The van der Waals surface area contributed by atoms with Crippen molar-refractivity contribution in [3.63, 3.8) is 0 Å². The lowest BCUT2D eigenvalue weighted by Gasteiger charge is -2.19. The summed E-state index contributed by atoms with van der Waals surface area (Å²) in [5, 5.41) is 0.445.